The first-order chi connectivity index (χ1) is 11.4. The predicted octanol–water partition coefficient (Wildman–Crippen LogP) is 1.42. The molecule has 6 heteroatoms. The Morgan fingerprint density at radius 2 is 2.08 bits per heavy atom. The lowest BCUT2D eigenvalue weighted by atomic mass is 10.1. The SMILES string of the molecule is CC(C)N(C)CC(=O)Nc1ccccc1CN1CCCC1C(N)=O. The van der Waals surface area contributed by atoms with Gasteiger partial charge in [-0.15, -0.1) is 0 Å². The molecule has 24 heavy (non-hydrogen) atoms. The van der Waals surface area contributed by atoms with Gasteiger partial charge in [-0.3, -0.25) is 19.4 Å². The van der Waals surface area contributed by atoms with E-state index < -0.39 is 0 Å². The van der Waals surface area contributed by atoms with Crippen molar-refractivity contribution in [3.05, 3.63) is 29.8 Å². The van der Waals surface area contributed by atoms with Crippen LogP contribution in [-0.2, 0) is 16.1 Å². The van der Waals surface area contributed by atoms with Crippen LogP contribution in [0.25, 0.3) is 0 Å². The van der Waals surface area contributed by atoms with E-state index in [2.05, 4.69) is 24.1 Å². The molecule has 3 N–H and O–H groups in total. The van der Waals surface area contributed by atoms with Crippen LogP contribution in [0, 0.1) is 0 Å². The zero-order chi connectivity index (χ0) is 17.7. The van der Waals surface area contributed by atoms with Crippen LogP contribution in [0.5, 0.6) is 0 Å². The zero-order valence-corrected chi connectivity index (χ0v) is 14.8. The summed E-state index contributed by atoms with van der Waals surface area (Å²) in [6, 6.07) is 7.84. The van der Waals surface area contributed by atoms with Gasteiger partial charge < -0.3 is 11.1 Å². The van der Waals surface area contributed by atoms with E-state index in [9.17, 15) is 9.59 Å². The number of nitrogens with two attached hydrogens (primary N) is 1. The van der Waals surface area contributed by atoms with E-state index in [1.807, 2.05) is 36.2 Å². The van der Waals surface area contributed by atoms with Crippen molar-refractivity contribution in [2.45, 2.75) is 45.3 Å². The lowest BCUT2D eigenvalue weighted by molar-refractivity contribution is -0.122. The van der Waals surface area contributed by atoms with Crippen molar-refractivity contribution in [2.75, 3.05) is 25.5 Å². The van der Waals surface area contributed by atoms with Gasteiger partial charge in [-0.1, -0.05) is 18.2 Å². The third-order valence-electron chi connectivity index (χ3n) is 4.63. The molecule has 1 fully saturated rings. The topological polar surface area (TPSA) is 78.7 Å². The van der Waals surface area contributed by atoms with Crippen molar-refractivity contribution in [3.63, 3.8) is 0 Å². The highest BCUT2D eigenvalue weighted by atomic mass is 16.2. The van der Waals surface area contributed by atoms with Gasteiger partial charge in [-0.05, 0) is 51.9 Å². The Labute approximate surface area is 144 Å². The van der Waals surface area contributed by atoms with Crippen LogP contribution in [0.4, 0.5) is 5.69 Å². The monoisotopic (exact) mass is 332 g/mol. The summed E-state index contributed by atoms with van der Waals surface area (Å²) in [5, 5.41) is 2.99. The van der Waals surface area contributed by atoms with Crippen LogP contribution in [0.2, 0.25) is 0 Å². The minimum absolute atomic E-state index is 0.0356. The first kappa shape index (κ1) is 18.4. The number of carbonyl (C=O) groups excluding carboxylic acids is 2. The highest BCUT2D eigenvalue weighted by molar-refractivity contribution is 5.93. The summed E-state index contributed by atoms with van der Waals surface area (Å²) in [7, 11) is 1.93. The van der Waals surface area contributed by atoms with E-state index in [0.717, 1.165) is 30.6 Å². The van der Waals surface area contributed by atoms with Crippen LogP contribution in [0.15, 0.2) is 24.3 Å². The Kier molecular flexibility index (Phi) is 6.34. The number of rotatable bonds is 7. The molecule has 0 radical (unpaired) electrons. The summed E-state index contributed by atoms with van der Waals surface area (Å²) in [6.45, 7) is 5.92. The van der Waals surface area contributed by atoms with Crippen LogP contribution in [0.3, 0.4) is 0 Å². The summed E-state index contributed by atoms with van der Waals surface area (Å²) in [6.07, 6.45) is 1.78. The van der Waals surface area contributed by atoms with Gasteiger partial charge in [0.1, 0.15) is 0 Å². The number of hydrogen-bond acceptors (Lipinski definition) is 4. The third-order valence-corrected chi connectivity index (χ3v) is 4.63. The van der Waals surface area contributed by atoms with Crippen molar-refractivity contribution in [2.24, 2.45) is 5.73 Å². The molecule has 1 aromatic rings. The summed E-state index contributed by atoms with van der Waals surface area (Å²) in [4.78, 5) is 27.9. The van der Waals surface area contributed by atoms with E-state index >= 15 is 0 Å². The Morgan fingerprint density at radius 3 is 2.75 bits per heavy atom. The molecule has 132 valence electrons. The fraction of sp³-hybridized carbons (Fsp3) is 0.556. The van der Waals surface area contributed by atoms with Crippen molar-refractivity contribution in [1.29, 1.82) is 0 Å². The predicted molar refractivity (Wildman–Crippen MR) is 95.5 cm³/mol. The number of likely N-dealkylation sites (tertiary alicyclic amines) is 1. The molecular formula is C18H28N4O2. The number of anilines is 1. The van der Waals surface area contributed by atoms with Crippen molar-refractivity contribution in [1.82, 2.24) is 9.80 Å². The minimum Gasteiger partial charge on any atom is -0.368 e. The number of hydrogen-bond donors (Lipinski definition) is 2. The number of para-hydroxylation sites is 1. The first-order valence-corrected chi connectivity index (χ1v) is 8.50. The molecule has 1 saturated heterocycles. The maximum atomic E-state index is 12.2. The van der Waals surface area contributed by atoms with Crippen molar-refractivity contribution >= 4 is 17.5 Å². The molecular weight excluding hydrogens is 304 g/mol. The summed E-state index contributed by atoms with van der Waals surface area (Å²) < 4.78 is 0. The zero-order valence-electron chi connectivity index (χ0n) is 14.8. The number of nitrogens with zero attached hydrogens (tertiary/aromatic N) is 2. The molecule has 1 atom stereocenters. The minimum atomic E-state index is -0.271. The molecule has 2 amide bonds. The molecule has 1 unspecified atom stereocenters. The Hall–Kier alpha value is -1.92. The standard InChI is InChI=1S/C18H28N4O2/c1-13(2)21(3)12-17(23)20-15-8-5-4-7-14(15)11-22-10-6-9-16(22)18(19)24/h4-5,7-8,13,16H,6,9-12H2,1-3H3,(H2,19,24)(H,20,23). The summed E-state index contributed by atoms with van der Waals surface area (Å²) in [5.41, 5.74) is 7.29. The number of amides is 2. The Balaban J connectivity index is 2.05. The van der Waals surface area contributed by atoms with E-state index in [1.165, 1.54) is 0 Å². The second-order valence-electron chi connectivity index (χ2n) is 6.75. The van der Waals surface area contributed by atoms with Gasteiger partial charge in [0.2, 0.25) is 11.8 Å². The molecule has 2 rings (SSSR count). The number of nitrogens with one attached hydrogen (secondary N) is 1. The Bertz CT molecular complexity index is 588. The normalized spacial score (nSPS) is 18.3. The van der Waals surface area contributed by atoms with Gasteiger partial charge >= 0.3 is 0 Å². The van der Waals surface area contributed by atoms with Gasteiger partial charge in [0.25, 0.3) is 0 Å². The van der Waals surface area contributed by atoms with E-state index in [4.69, 9.17) is 5.73 Å². The fourth-order valence-corrected chi connectivity index (χ4v) is 2.94. The summed E-state index contributed by atoms with van der Waals surface area (Å²) >= 11 is 0. The van der Waals surface area contributed by atoms with Crippen LogP contribution in [-0.4, -0.2) is 53.8 Å². The van der Waals surface area contributed by atoms with Gasteiger partial charge in [-0.25, -0.2) is 0 Å². The number of likely N-dealkylation sites (N-methyl/N-ethyl adjacent to an activating group) is 1. The maximum absolute atomic E-state index is 12.2. The van der Waals surface area contributed by atoms with Crippen LogP contribution in [0.1, 0.15) is 32.3 Å². The van der Waals surface area contributed by atoms with Gasteiger partial charge in [0, 0.05) is 18.3 Å². The average Bonchev–Trinajstić information content (AvgIpc) is 2.97. The number of primary amides is 1. The number of carbonyl (C=O) groups is 2. The largest absolute Gasteiger partial charge is 0.368 e. The molecule has 1 heterocycles. The molecule has 0 aromatic heterocycles. The molecule has 1 aliphatic rings. The number of benzene rings is 1. The molecule has 0 bridgehead atoms. The summed E-state index contributed by atoms with van der Waals surface area (Å²) in [5.74, 6) is -0.306. The molecule has 1 aromatic carbocycles. The second kappa shape index (κ2) is 8.26. The van der Waals surface area contributed by atoms with Crippen LogP contribution < -0.4 is 11.1 Å². The molecule has 6 nitrogen and oxygen atoms in total. The molecule has 0 spiro atoms. The van der Waals surface area contributed by atoms with E-state index in [0.29, 0.717) is 19.1 Å². The first-order valence-electron chi connectivity index (χ1n) is 8.50. The maximum Gasteiger partial charge on any atom is 0.238 e. The van der Waals surface area contributed by atoms with Gasteiger partial charge in [0.05, 0.1) is 12.6 Å². The van der Waals surface area contributed by atoms with Gasteiger partial charge in [-0.2, -0.15) is 0 Å². The van der Waals surface area contributed by atoms with Gasteiger partial charge in [0.15, 0.2) is 0 Å². The quantitative estimate of drug-likeness (QED) is 0.791. The highest BCUT2D eigenvalue weighted by Crippen LogP contribution is 2.23. The molecule has 0 aliphatic carbocycles. The van der Waals surface area contributed by atoms with E-state index in [-0.39, 0.29) is 17.9 Å². The van der Waals surface area contributed by atoms with Crippen LogP contribution >= 0.6 is 0 Å². The van der Waals surface area contributed by atoms with Crippen molar-refractivity contribution in [3.8, 4) is 0 Å². The second-order valence-corrected chi connectivity index (χ2v) is 6.75. The highest BCUT2D eigenvalue weighted by Gasteiger charge is 2.29. The lowest BCUT2D eigenvalue weighted by Crippen LogP contribution is -2.40. The van der Waals surface area contributed by atoms with Crippen molar-refractivity contribution < 1.29 is 9.59 Å². The lowest BCUT2D eigenvalue weighted by Gasteiger charge is -2.24. The Morgan fingerprint density at radius 1 is 1.38 bits per heavy atom. The average molecular weight is 332 g/mol. The molecule has 0 saturated carbocycles. The smallest absolute Gasteiger partial charge is 0.238 e. The third kappa shape index (κ3) is 4.79. The fourth-order valence-electron chi connectivity index (χ4n) is 2.94. The van der Waals surface area contributed by atoms with E-state index in [1.54, 1.807) is 0 Å². The molecule has 1 aliphatic heterocycles.